The zero-order valence-corrected chi connectivity index (χ0v) is 33.4. The Labute approximate surface area is 340 Å². The highest BCUT2D eigenvalue weighted by Crippen LogP contribution is 2.47. The number of thioether (sulfide) groups is 1. The lowest BCUT2D eigenvalue weighted by Crippen LogP contribution is -2.67. The van der Waals surface area contributed by atoms with Crippen LogP contribution in [0.5, 0.6) is 0 Å². The largest absolute Gasteiger partial charge is 0.466 e. The number of hydrogen-bond acceptors (Lipinski definition) is 21. The molecular formula is C36H44N2O20S. The Morgan fingerprint density at radius 2 is 1.51 bits per heavy atom. The first-order valence-corrected chi connectivity index (χ1v) is 18.9. The minimum absolute atomic E-state index is 0.229. The average molecular weight is 857 g/mol. The van der Waals surface area contributed by atoms with Gasteiger partial charge in [0.25, 0.3) is 5.79 Å². The quantitative estimate of drug-likeness (QED) is 0.148. The molecule has 59 heavy (non-hydrogen) atoms. The lowest BCUT2D eigenvalue weighted by atomic mass is 9.87. The minimum Gasteiger partial charge on any atom is -0.466 e. The summed E-state index contributed by atoms with van der Waals surface area (Å²) < 4.78 is 55.2. The van der Waals surface area contributed by atoms with Gasteiger partial charge in [0.15, 0.2) is 12.2 Å². The summed E-state index contributed by atoms with van der Waals surface area (Å²) in [5.74, 6) is -8.56. The molecule has 0 aromatic heterocycles. The van der Waals surface area contributed by atoms with E-state index < -0.39 is 139 Å². The monoisotopic (exact) mass is 856 g/mol. The van der Waals surface area contributed by atoms with Crippen molar-refractivity contribution in [3.05, 3.63) is 30.3 Å². The van der Waals surface area contributed by atoms with Crippen molar-refractivity contribution in [2.45, 2.75) is 117 Å². The van der Waals surface area contributed by atoms with Gasteiger partial charge in [0.05, 0.1) is 33.3 Å². The molecule has 4 saturated heterocycles. The number of esters is 5. The van der Waals surface area contributed by atoms with Crippen LogP contribution in [-0.2, 0) is 76.1 Å². The molecule has 23 heteroatoms. The van der Waals surface area contributed by atoms with Crippen LogP contribution in [0.25, 0.3) is 0 Å². The molecule has 3 amide bonds. The van der Waals surface area contributed by atoms with E-state index in [-0.39, 0.29) is 6.42 Å². The SMILES string of the molecule is COC(=O)[C@@]1(OC[C@@H](O)[C@@H](O)C2O[C@](Sc3ccccc3)(C(=O)OC)C[C@H]3OC(=O)N[C@@H]23)C[C@H]2OC(=O)N(C(C)=O)[C@H]2C([C@H](OC(C)=O)[C@@H](COC(C)=O)OC(C)=O)O1. The van der Waals surface area contributed by atoms with Crippen LogP contribution in [0.3, 0.4) is 0 Å². The van der Waals surface area contributed by atoms with Crippen molar-refractivity contribution in [1.29, 1.82) is 0 Å². The predicted molar refractivity (Wildman–Crippen MR) is 190 cm³/mol. The first kappa shape index (κ1) is 45.0. The van der Waals surface area contributed by atoms with Crippen molar-refractivity contribution in [2.75, 3.05) is 27.4 Å². The molecule has 0 radical (unpaired) electrons. The van der Waals surface area contributed by atoms with E-state index in [1.54, 1.807) is 30.3 Å². The molecule has 22 nitrogen and oxygen atoms in total. The number of amides is 3. The fourth-order valence-corrected chi connectivity index (χ4v) is 8.54. The lowest BCUT2D eigenvalue weighted by molar-refractivity contribution is -0.318. The summed E-state index contributed by atoms with van der Waals surface area (Å²) in [6.45, 7) is 2.27. The van der Waals surface area contributed by atoms with Crippen LogP contribution < -0.4 is 5.32 Å². The molecule has 0 spiro atoms. The third-order valence-electron chi connectivity index (χ3n) is 9.69. The molecule has 3 N–H and O–H groups in total. The van der Waals surface area contributed by atoms with E-state index in [0.717, 1.165) is 53.7 Å². The van der Waals surface area contributed by atoms with Crippen LogP contribution in [0.4, 0.5) is 9.59 Å². The molecule has 4 aliphatic rings. The Balaban J connectivity index is 1.50. The molecule has 1 aromatic carbocycles. The van der Waals surface area contributed by atoms with Gasteiger partial charge in [-0.25, -0.2) is 24.1 Å². The maximum atomic E-state index is 13.7. The number of carbonyl (C=O) groups excluding carboxylic acids is 8. The number of aliphatic hydroxyl groups excluding tert-OH is 2. The van der Waals surface area contributed by atoms with Gasteiger partial charge in [-0.1, -0.05) is 30.0 Å². The third-order valence-corrected chi connectivity index (χ3v) is 11.0. The molecule has 2 unspecified atom stereocenters. The summed E-state index contributed by atoms with van der Waals surface area (Å²) in [7, 11) is 2.05. The number of ether oxygens (including phenoxy) is 10. The number of methoxy groups -OCH3 is 2. The van der Waals surface area contributed by atoms with E-state index >= 15 is 0 Å². The molecule has 0 saturated carbocycles. The first-order chi connectivity index (χ1) is 27.8. The lowest BCUT2D eigenvalue weighted by Gasteiger charge is -2.47. The van der Waals surface area contributed by atoms with Crippen molar-refractivity contribution in [2.24, 2.45) is 0 Å². The Bertz CT molecular complexity index is 1800. The summed E-state index contributed by atoms with van der Waals surface area (Å²) in [5, 5.41) is 25.7. The highest BCUT2D eigenvalue weighted by atomic mass is 32.2. The number of nitrogens with one attached hydrogen (secondary N) is 1. The van der Waals surface area contributed by atoms with E-state index in [1.165, 1.54) is 0 Å². The fourth-order valence-electron chi connectivity index (χ4n) is 7.30. The van der Waals surface area contributed by atoms with Crippen molar-refractivity contribution < 1.29 is 95.9 Å². The van der Waals surface area contributed by atoms with Gasteiger partial charge in [0, 0.05) is 39.0 Å². The van der Waals surface area contributed by atoms with Crippen LogP contribution in [0, 0.1) is 0 Å². The minimum atomic E-state index is -2.70. The van der Waals surface area contributed by atoms with Gasteiger partial charge in [-0.3, -0.25) is 19.2 Å². The van der Waals surface area contributed by atoms with Crippen molar-refractivity contribution >= 4 is 59.7 Å². The van der Waals surface area contributed by atoms with Crippen molar-refractivity contribution in [3.8, 4) is 0 Å². The highest BCUT2D eigenvalue weighted by molar-refractivity contribution is 8.01. The van der Waals surface area contributed by atoms with Gasteiger partial charge in [-0.2, -0.15) is 0 Å². The molecule has 324 valence electrons. The maximum absolute atomic E-state index is 13.7. The van der Waals surface area contributed by atoms with E-state index in [0.29, 0.717) is 9.80 Å². The summed E-state index contributed by atoms with van der Waals surface area (Å²) >= 11 is 0.914. The molecule has 0 aliphatic carbocycles. The number of aliphatic hydroxyl groups is 2. The van der Waals surface area contributed by atoms with E-state index in [2.05, 4.69) is 5.32 Å². The van der Waals surface area contributed by atoms with E-state index in [9.17, 15) is 48.6 Å². The maximum Gasteiger partial charge on any atom is 0.417 e. The third kappa shape index (κ3) is 9.71. The summed E-state index contributed by atoms with van der Waals surface area (Å²) in [4.78, 5) is 101. The van der Waals surface area contributed by atoms with Crippen molar-refractivity contribution in [1.82, 2.24) is 10.2 Å². The molecule has 4 aliphatic heterocycles. The number of imide groups is 1. The second-order valence-electron chi connectivity index (χ2n) is 13.8. The summed E-state index contributed by atoms with van der Waals surface area (Å²) in [5.41, 5.74) is 0. The van der Waals surface area contributed by atoms with Gasteiger partial charge in [-0.15, -0.1) is 0 Å². The van der Waals surface area contributed by atoms with Gasteiger partial charge in [0.2, 0.25) is 10.8 Å². The molecule has 5 rings (SSSR count). The van der Waals surface area contributed by atoms with Crippen LogP contribution in [0.1, 0.15) is 40.5 Å². The number of alkyl carbamates (subject to hydrolysis) is 1. The Hall–Kier alpha value is -5.07. The molecule has 4 heterocycles. The van der Waals surface area contributed by atoms with E-state index in [1.807, 2.05) is 0 Å². The van der Waals surface area contributed by atoms with Crippen LogP contribution in [0.2, 0.25) is 0 Å². The smallest absolute Gasteiger partial charge is 0.417 e. The highest BCUT2D eigenvalue weighted by Gasteiger charge is 2.65. The van der Waals surface area contributed by atoms with Crippen LogP contribution >= 0.6 is 11.8 Å². The normalized spacial score (nSPS) is 30.4. The number of benzene rings is 1. The Morgan fingerprint density at radius 1 is 0.847 bits per heavy atom. The number of nitrogens with zero attached hydrogens (tertiary/aromatic N) is 1. The Kier molecular flexibility index (Phi) is 14.1. The topological polar surface area (TPSA) is 285 Å². The average Bonchev–Trinajstić information content (AvgIpc) is 3.73. The number of hydrogen-bond donors (Lipinski definition) is 3. The van der Waals surface area contributed by atoms with Gasteiger partial charge >= 0.3 is 42.0 Å². The van der Waals surface area contributed by atoms with Crippen LogP contribution in [-0.4, -0.2) is 162 Å². The van der Waals surface area contributed by atoms with Gasteiger partial charge in [-0.05, 0) is 12.1 Å². The standard InChI is InChI=1S/C36H44N2O20S/c1-16(39)38-26-23(56-34(38)48)12-35(31(45)49-5,57-30(26)28(54-19(4)42)24(53-18(3)41)15-51-17(2)40)52-14-21(43)27(44)29-25-22(55-33(47)37-25)13-36(58-29,32(46)50-6)59-20-10-8-7-9-11-20/h7-11,21-30,43-44H,12-15H2,1-6H3,(H,37,47)/t21-,22-,23-,24-,25-,26-,27-,28-,29?,30?,35-,36-/m1/s1. The van der Waals surface area contributed by atoms with Crippen molar-refractivity contribution in [3.63, 3.8) is 0 Å². The van der Waals surface area contributed by atoms with Gasteiger partial charge < -0.3 is 62.9 Å². The predicted octanol–water partition coefficient (Wildman–Crippen LogP) is -0.527. The molecule has 1 aromatic rings. The first-order valence-electron chi connectivity index (χ1n) is 18.1. The van der Waals surface area contributed by atoms with E-state index in [4.69, 9.17) is 47.4 Å². The summed E-state index contributed by atoms with van der Waals surface area (Å²) in [6.07, 6.45) is -16.6. The molecule has 4 fully saturated rings. The molecule has 12 atom stereocenters. The molecule has 0 bridgehead atoms. The zero-order chi connectivity index (χ0) is 43.4. The molecular weight excluding hydrogens is 812 g/mol. The summed E-state index contributed by atoms with van der Waals surface area (Å²) in [6, 6.07) is 5.89. The Morgan fingerprint density at radius 3 is 2.10 bits per heavy atom. The number of fused-ring (bicyclic) bond motifs is 2. The fraction of sp³-hybridized carbons (Fsp3) is 0.611. The second-order valence-corrected chi connectivity index (χ2v) is 15.1. The second kappa shape index (κ2) is 18.5. The van der Waals surface area contributed by atoms with Gasteiger partial charge in [0.1, 0.15) is 49.3 Å². The number of carbonyl (C=O) groups is 8. The number of rotatable bonds is 15. The zero-order valence-electron chi connectivity index (χ0n) is 32.6. The van der Waals surface area contributed by atoms with Crippen LogP contribution in [0.15, 0.2) is 35.2 Å².